The number of ether oxygens (including phenoxy) is 1. The van der Waals surface area contributed by atoms with Gasteiger partial charge in [-0.15, -0.1) is 0 Å². The summed E-state index contributed by atoms with van der Waals surface area (Å²) in [5, 5.41) is 13.5. The number of carbonyl (C=O) groups is 1. The molecule has 1 atom stereocenters. The number of rotatable bonds is 5. The third-order valence-electron chi connectivity index (χ3n) is 4.50. The van der Waals surface area contributed by atoms with Crippen molar-refractivity contribution >= 4 is 5.91 Å². The van der Waals surface area contributed by atoms with E-state index in [-0.39, 0.29) is 19.1 Å². The van der Waals surface area contributed by atoms with Crippen LogP contribution in [0.1, 0.15) is 23.1 Å². The highest BCUT2D eigenvalue weighted by molar-refractivity contribution is 5.77. The van der Waals surface area contributed by atoms with Crippen LogP contribution in [0.5, 0.6) is 5.75 Å². The average Bonchev–Trinajstić information content (AvgIpc) is 2.59. The topological polar surface area (TPSA) is 58.6 Å². The van der Waals surface area contributed by atoms with E-state index in [0.29, 0.717) is 18.6 Å². The molecular formula is C20H23NO3. The van der Waals surface area contributed by atoms with Gasteiger partial charge in [-0.3, -0.25) is 4.79 Å². The van der Waals surface area contributed by atoms with E-state index >= 15 is 0 Å². The molecule has 2 aromatic rings. The van der Waals surface area contributed by atoms with Crippen LogP contribution in [0.3, 0.4) is 0 Å². The Bertz CT molecular complexity index is 711. The summed E-state index contributed by atoms with van der Waals surface area (Å²) < 4.78 is 5.46. The zero-order valence-corrected chi connectivity index (χ0v) is 13.9. The molecule has 1 amide bonds. The molecule has 4 heteroatoms. The normalized spacial score (nSPS) is 19.4. The molecule has 0 heterocycles. The minimum absolute atomic E-state index is 0.0459. The fourth-order valence-corrected chi connectivity index (χ4v) is 3.03. The molecule has 0 spiro atoms. The van der Waals surface area contributed by atoms with E-state index in [4.69, 9.17) is 4.74 Å². The van der Waals surface area contributed by atoms with Crippen molar-refractivity contribution in [3.8, 4) is 5.75 Å². The molecule has 0 aliphatic heterocycles. The van der Waals surface area contributed by atoms with Crippen molar-refractivity contribution in [3.05, 3.63) is 65.2 Å². The van der Waals surface area contributed by atoms with Gasteiger partial charge < -0.3 is 15.2 Å². The maximum atomic E-state index is 12.0. The highest BCUT2D eigenvalue weighted by Gasteiger charge is 2.32. The van der Waals surface area contributed by atoms with Gasteiger partial charge >= 0.3 is 0 Å². The number of hydrogen-bond acceptors (Lipinski definition) is 3. The van der Waals surface area contributed by atoms with Gasteiger partial charge in [0.25, 0.3) is 5.91 Å². The van der Waals surface area contributed by atoms with Crippen molar-refractivity contribution in [2.75, 3.05) is 13.2 Å². The van der Waals surface area contributed by atoms with E-state index < -0.39 is 5.60 Å². The van der Waals surface area contributed by atoms with Crippen LogP contribution in [0, 0.1) is 6.92 Å². The zero-order valence-electron chi connectivity index (χ0n) is 13.9. The summed E-state index contributed by atoms with van der Waals surface area (Å²) in [6.45, 7) is 2.20. The molecule has 0 radical (unpaired) electrons. The van der Waals surface area contributed by atoms with Crippen LogP contribution >= 0.6 is 0 Å². The molecule has 0 bridgehead atoms. The number of hydrogen-bond donors (Lipinski definition) is 2. The number of fused-ring (bicyclic) bond motifs is 1. The van der Waals surface area contributed by atoms with E-state index in [2.05, 4.69) is 11.4 Å². The van der Waals surface area contributed by atoms with Gasteiger partial charge in [0.1, 0.15) is 5.75 Å². The molecule has 2 aromatic carbocycles. The molecule has 126 valence electrons. The smallest absolute Gasteiger partial charge is 0.258 e. The van der Waals surface area contributed by atoms with Crippen molar-refractivity contribution in [1.29, 1.82) is 0 Å². The summed E-state index contributed by atoms with van der Waals surface area (Å²) in [4.78, 5) is 12.0. The zero-order chi connectivity index (χ0) is 17.0. The average molecular weight is 325 g/mol. The number of benzene rings is 2. The fourth-order valence-electron chi connectivity index (χ4n) is 3.03. The monoisotopic (exact) mass is 325 g/mol. The third-order valence-corrected chi connectivity index (χ3v) is 4.50. The lowest BCUT2D eigenvalue weighted by molar-refractivity contribution is -0.124. The van der Waals surface area contributed by atoms with Gasteiger partial charge in [-0.2, -0.15) is 0 Å². The minimum atomic E-state index is -0.881. The number of amides is 1. The van der Waals surface area contributed by atoms with Crippen LogP contribution in [0.2, 0.25) is 0 Å². The van der Waals surface area contributed by atoms with E-state index in [1.807, 2.05) is 49.4 Å². The predicted octanol–water partition coefficient (Wildman–Crippen LogP) is 2.41. The summed E-state index contributed by atoms with van der Waals surface area (Å²) >= 11 is 0. The Balaban J connectivity index is 1.48. The van der Waals surface area contributed by atoms with Gasteiger partial charge in [0.2, 0.25) is 0 Å². The van der Waals surface area contributed by atoms with Gasteiger partial charge in [-0.05, 0) is 43.0 Å². The van der Waals surface area contributed by atoms with Crippen LogP contribution in [0.4, 0.5) is 0 Å². The largest absolute Gasteiger partial charge is 0.484 e. The van der Waals surface area contributed by atoms with E-state index in [1.54, 1.807) is 0 Å². The molecule has 1 aliphatic carbocycles. The molecule has 0 fully saturated rings. The van der Waals surface area contributed by atoms with Crippen LogP contribution < -0.4 is 10.1 Å². The summed E-state index contributed by atoms with van der Waals surface area (Å²) in [6.07, 6.45) is 2.06. The van der Waals surface area contributed by atoms with Gasteiger partial charge in [-0.1, -0.05) is 42.0 Å². The Morgan fingerprint density at radius 1 is 1.17 bits per heavy atom. The van der Waals surface area contributed by atoms with Crippen LogP contribution in [-0.4, -0.2) is 29.8 Å². The summed E-state index contributed by atoms with van der Waals surface area (Å²) in [6, 6.07) is 15.7. The lowest BCUT2D eigenvalue weighted by Crippen LogP contribution is -2.47. The van der Waals surface area contributed by atoms with Gasteiger partial charge in [-0.25, -0.2) is 0 Å². The van der Waals surface area contributed by atoms with Gasteiger partial charge in [0.15, 0.2) is 6.61 Å². The first-order chi connectivity index (χ1) is 11.5. The first-order valence-electron chi connectivity index (χ1n) is 8.29. The lowest BCUT2D eigenvalue weighted by Gasteiger charge is -2.33. The molecule has 4 nitrogen and oxygen atoms in total. The second kappa shape index (κ2) is 7.05. The van der Waals surface area contributed by atoms with Crippen molar-refractivity contribution in [2.24, 2.45) is 0 Å². The minimum Gasteiger partial charge on any atom is -0.484 e. The maximum absolute atomic E-state index is 12.0. The first-order valence-corrected chi connectivity index (χ1v) is 8.29. The van der Waals surface area contributed by atoms with Crippen LogP contribution in [0.25, 0.3) is 0 Å². The van der Waals surface area contributed by atoms with Crippen molar-refractivity contribution in [1.82, 2.24) is 5.32 Å². The van der Waals surface area contributed by atoms with E-state index in [0.717, 1.165) is 17.5 Å². The van der Waals surface area contributed by atoms with Crippen LogP contribution in [0.15, 0.2) is 48.5 Å². The fraction of sp³-hybridized carbons (Fsp3) is 0.350. The highest BCUT2D eigenvalue weighted by atomic mass is 16.5. The lowest BCUT2D eigenvalue weighted by atomic mass is 9.80. The number of nitrogens with one attached hydrogen (secondary N) is 1. The summed E-state index contributed by atoms with van der Waals surface area (Å²) in [7, 11) is 0. The summed E-state index contributed by atoms with van der Waals surface area (Å²) in [5.74, 6) is 0.448. The van der Waals surface area contributed by atoms with Crippen molar-refractivity contribution < 1.29 is 14.6 Å². The predicted molar refractivity (Wildman–Crippen MR) is 93.1 cm³/mol. The SMILES string of the molecule is Cc1ccc(OCC(=O)NCC2(O)CCc3ccccc3C2)cc1. The number of carbonyl (C=O) groups excluding carboxylic acids is 1. The quantitative estimate of drug-likeness (QED) is 0.887. The van der Waals surface area contributed by atoms with Crippen molar-refractivity contribution in [2.45, 2.75) is 31.8 Å². The molecule has 1 aliphatic rings. The second-order valence-electron chi connectivity index (χ2n) is 6.55. The molecule has 1 unspecified atom stereocenters. The molecule has 24 heavy (non-hydrogen) atoms. The number of aliphatic hydroxyl groups is 1. The Labute approximate surface area is 142 Å². The molecular weight excluding hydrogens is 302 g/mol. The molecule has 2 N–H and O–H groups in total. The second-order valence-corrected chi connectivity index (χ2v) is 6.55. The Kier molecular flexibility index (Phi) is 4.86. The maximum Gasteiger partial charge on any atom is 0.258 e. The molecule has 3 rings (SSSR count). The standard InChI is InChI=1S/C20H23NO3/c1-15-6-8-18(9-7-15)24-13-19(22)21-14-20(23)11-10-16-4-2-3-5-17(16)12-20/h2-9,23H,10-14H2,1H3,(H,21,22). The van der Waals surface area contributed by atoms with Crippen molar-refractivity contribution in [3.63, 3.8) is 0 Å². The van der Waals surface area contributed by atoms with Gasteiger partial charge in [0, 0.05) is 13.0 Å². The summed E-state index contributed by atoms with van der Waals surface area (Å²) in [5.41, 5.74) is 2.72. The molecule has 0 aromatic heterocycles. The molecule has 0 saturated carbocycles. The van der Waals surface area contributed by atoms with Gasteiger partial charge in [0.05, 0.1) is 5.60 Å². The number of aryl methyl sites for hydroxylation is 2. The van der Waals surface area contributed by atoms with E-state index in [1.165, 1.54) is 5.56 Å². The highest BCUT2D eigenvalue weighted by Crippen LogP contribution is 2.28. The Morgan fingerprint density at radius 2 is 1.88 bits per heavy atom. The Morgan fingerprint density at radius 3 is 2.62 bits per heavy atom. The Hall–Kier alpha value is -2.33. The van der Waals surface area contributed by atoms with E-state index in [9.17, 15) is 9.90 Å². The van der Waals surface area contributed by atoms with Crippen LogP contribution in [-0.2, 0) is 17.6 Å². The third kappa shape index (κ3) is 4.15. The molecule has 0 saturated heterocycles. The first kappa shape index (κ1) is 16.5.